The van der Waals surface area contributed by atoms with Gasteiger partial charge in [0.15, 0.2) is 12.6 Å². The molecule has 32 heavy (non-hydrogen) atoms. The highest BCUT2D eigenvalue weighted by atomic mass is 16.6. The standard InChI is InChI=1S/C26H30O6/c1-3-15-29-23(27)13-17-31-25-19-9-5-7-11-21(19)26(22-12-8-6-10-20(22)25)32-18-14-24(28)30-16-4-2/h3-12,23-24,27-28H,1-2,13-18H2. The van der Waals surface area contributed by atoms with E-state index in [2.05, 4.69) is 13.2 Å². The average Bonchev–Trinajstić information content (AvgIpc) is 2.82. The normalized spacial score (nSPS) is 13.1. The lowest BCUT2D eigenvalue weighted by molar-refractivity contribution is -0.0979. The molecule has 3 aromatic carbocycles. The van der Waals surface area contributed by atoms with Crippen molar-refractivity contribution in [2.75, 3.05) is 26.4 Å². The number of aliphatic hydroxyl groups excluding tert-OH is 2. The van der Waals surface area contributed by atoms with E-state index in [4.69, 9.17) is 18.9 Å². The summed E-state index contributed by atoms with van der Waals surface area (Å²) in [7, 11) is 0. The molecule has 0 amide bonds. The first-order chi connectivity index (χ1) is 15.7. The third kappa shape index (κ3) is 6.08. The molecular weight excluding hydrogens is 408 g/mol. The Hall–Kier alpha value is -2.90. The van der Waals surface area contributed by atoms with Crippen molar-refractivity contribution in [1.29, 1.82) is 0 Å². The van der Waals surface area contributed by atoms with Crippen molar-refractivity contribution in [1.82, 2.24) is 0 Å². The number of hydrogen-bond donors (Lipinski definition) is 2. The predicted octanol–water partition coefficient (Wildman–Crippen LogP) is 4.57. The summed E-state index contributed by atoms with van der Waals surface area (Å²) in [5, 5.41) is 23.5. The zero-order chi connectivity index (χ0) is 22.8. The minimum atomic E-state index is -0.914. The van der Waals surface area contributed by atoms with Crippen molar-refractivity contribution in [2.45, 2.75) is 25.4 Å². The first kappa shape index (κ1) is 23.8. The molecule has 6 nitrogen and oxygen atoms in total. The Morgan fingerprint density at radius 1 is 0.656 bits per heavy atom. The van der Waals surface area contributed by atoms with Crippen molar-refractivity contribution in [3.05, 3.63) is 73.8 Å². The summed E-state index contributed by atoms with van der Waals surface area (Å²) in [6.45, 7) is 8.30. The van der Waals surface area contributed by atoms with Crippen LogP contribution in [0.3, 0.4) is 0 Å². The molecule has 0 aliphatic heterocycles. The fraction of sp³-hybridized carbons (Fsp3) is 0.308. The third-order valence-electron chi connectivity index (χ3n) is 4.87. The van der Waals surface area contributed by atoms with E-state index >= 15 is 0 Å². The molecule has 3 rings (SSSR count). The molecule has 0 saturated carbocycles. The van der Waals surface area contributed by atoms with E-state index in [1.165, 1.54) is 0 Å². The monoisotopic (exact) mass is 438 g/mol. The summed E-state index contributed by atoms with van der Waals surface area (Å²) in [6.07, 6.45) is 2.02. The fourth-order valence-corrected chi connectivity index (χ4v) is 3.41. The maximum Gasteiger partial charge on any atom is 0.158 e. The molecule has 6 heteroatoms. The first-order valence-corrected chi connectivity index (χ1v) is 10.7. The molecule has 0 aliphatic rings. The van der Waals surface area contributed by atoms with Gasteiger partial charge in [0.2, 0.25) is 0 Å². The quantitative estimate of drug-likeness (QED) is 0.218. The van der Waals surface area contributed by atoms with Crippen LogP contribution in [0.5, 0.6) is 11.5 Å². The van der Waals surface area contributed by atoms with Gasteiger partial charge in [-0.05, 0) is 0 Å². The second-order valence-corrected chi connectivity index (χ2v) is 7.18. The zero-order valence-corrected chi connectivity index (χ0v) is 18.1. The summed E-state index contributed by atoms with van der Waals surface area (Å²) >= 11 is 0. The van der Waals surface area contributed by atoms with Crippen molar-refractivity contribution in [3.63, 3.8) is 0 Å². The van der Waals surface area contributed by atoms with Gasteiger partial charge >= 0.3 is 0 Å². The van der Waals surface area contributed by atoms with Gasteiger partial charge in [-0.1, -0.05) is 60.7 Å². The van der Waals surface area contributed by atoms with Crippen LogP contribution in [0, 0.1) is 0 Å². The summed E-state index contributed by atoms with van der Waals surface area (Å²) in [6, 6.07) is 15.7. The van der Waals surface area contributed by atoms with Crippen LogP contribution in [0.1, 0.15) is 12.8 Å². The number of aliphatic hydroxyl groups is 2. The van der Waals surface area contributed by atoms with E-state index in [0.717, 1.165) is 33.0 Å². The highest BCUT2D eigenvalue weighted by Gasteiger charge is 2.17. The highest BCUT2D eigenvalue weighted by molar-refractivity contribution is 6.11. The van der Waals surface area contributed by atoms with Crippen LogP contribution >= 0.6 is 0 Å². The predicted molar refractivity (Wildman–Crippen MR) is 126 cm³/mol. The van der Waals surface area contributed by atoms with Crippen molar-refractivity contribution < 1.29 is 29.2 Å². The molecule has 2 atom stereocenters. The summed E-state index contributed by atoms with van der Waals surface area (Å²) < 4.78 is 22.7. The van der Waals surface area contributed by atoms with Gasteiger partial charge in [-0.15, -0.1) is 13.2 Å². The van der Waals surface area contributed by atoms with Crippen LogP contribution in [0.4, 0.5) is 0 Å². The minimum Gasteiger partial charge on any atom is -0.492 e. The molecule has 170 valence electrons. The molecule has 0 fully saturated rings. The number of fused-ring (bicyclic) bond motifs is 2. The topological polar surface area (TPSA) is 77.4 Å². The molecule has 0 spiro atoms. The third-order valence-corrected chi connectivity index (χ3v) is 4.87. The summed E-state index contributed by atoms with van der Waals surface area (Å²) in [4.78, 5) is 0. The minimum absolute atomic E-state index is 0.284. The van der Waals surface area contributed by atoms with Gasteiger partial charge in [-0.2, -0.15) is 0 Å². The van der Waals surface area contributed by atoms with Crippen LogP contribution < -0.4 is 9.47 Å². The molecule has 0 aliphatic carbocycles. The second kappa shape index (κ2) is 12.2. The second-order valence-electron chi connectivity index (χ2n) is 7.18. The SMILES string of the molecule is C=CCOC(O)CCOc1c2ccccc2c(OCCC(O)OCC=C)c2ccccc12. The molecule has 3 aromatic rings. The van der Waals surface area contributed by atoms with Crippen LogP contribution in [0.15, 0.2) is 73.8 Å². The van der Waals surface area contributed by atoms with Gasteiger partial charge in [0.1, 0.15) is 11.5 Å². The van der Waals surface area contributed by atoms with E-state index in [1.807, 2.05) is 48.5 Å². The Morgan fingerprint density at radius 3 is 1.31 bits per heavy atom. The van der Waals surface area contributed by atoms with Gasteiger partial charge in [0.25, 0.3) is 0 Å². The Kier molecular flexibility index (Phi) is 9.07. The van der Waals surface area contributed by atoms with E-state index in [-0.39, 0.29) is 13.2 Å². The summed E-state index contributed by atoms with van der Waals surface area (Å²) in [5.41, 5.74) is 0. The molecule has 2 N–H and O–H groups in total. The van der Waals surface area contributed by atoms with Crippen molar-refractivity contribution >= 4 is 21.5 Å². The number of benzene rings is 3. The molecule has 0 heterocycles. The van der Waals surface area contributed by atoms with Crippen LogP contribution in [0.25, 0.3) is 21.5 Å². The Balaban J connectivity index is 1.85. The molecular formula is C26H30O6. The van der Waals surface area contributed by atoms with Crippen LogP contribution in [-0.2, 0) is 9.47 Å². The van der Waals surface area contributed by atoms with Gasteiger partial charge in [-0.25, -0.2) is 0 Å². The maximum atomic E-state index is 9.92. The van der Waals surface area contributed by atoms with Gasteiger partial charge < -0.3 is 29.2 Å². The number of hydrogen-bond acceptors (Lipinski definition) is 6. The zero-order valence-electron chi connectivity index (χ0n) is 18.1. The van der Waals surface area contributed by atoms with Gasteiger partial charge in [0.05, 0.1) is 26.4 Å². The van der Waals surface area contributed by atoms with E-state index < -0.39 is 12.6 Å². The highest BCUT2D eigenvalue weighted by Crippen LogP contribution is 2.42. The maximum absolute atomic E-state index is 9.92. The Morgan fingerprint density at radius 2 is 1.00 bits per heavy atom. The number of ether oxygens (including phenoxy) is 4. The Bertz CT molecular complexity index is 892. The molecule has 0 saturated heterocycles. The summed E-state index contributed by atoms with van der Waals surface area (Å²) in [5.74, 6) is 1.46. The van der Waals surface area contributed by atoms with E-state index in [0.29, 0.717) is 26.1 Å². The van der Waals surface area contributed by atoms with E-state index in [9.17, 15) is 10.2 Å². The molecule has 0 radical (unpaired) electrons. The smallest absolute Gasteiger partial charge is 0.158 e. The van der Waals surface area contributed by atoms with Crippen molar-refractivity contribution in [2.24, 2.45) is 0 Å². The lowest BCUT2D eigenvalue weighted by Gasteiger charge is -2.19. The van der Waals surface area contributed by atoms with Crippen molar-refractivity contribution in [3.8, 4) is 11.5 Å². The largest absolute Gasteiger partial charge is 0.492 e. The number of rotatable bonds is 14. The lowest BCUT2D eigenvalue weighted by atomic mass is 10.0. The van der Waals surface area contributed by atoms with E-state index in [1.54, 1.807) is 12.2 Å². The Labute approximate surface area is 188 Å². The van der Waals surface area contributed by atoms with Crippen LogP contribution in [-0.4, -0.2) is 49.2 Å². The van der Waals surface area contributed by atoms with Crippen LogP contribution in [0.2, 0.25) is 0 Å². The molecule has 2 unspecified atom stereocenters. The van der Waals surface area contributed by atoms with Gasteiger partial charge in [-0.3, -0.25) is 0 Å². The lowest BCUT2D eigenvalue weighted by Crippen LogP contribution is -2.16. The first-order valence-electron chi connectivity index (χ1n) is 10.7. The van der Waals surface area contributed by atoms with Gasteiger partial charge in [0, 0.05) is 34.4 Å². The molecule has 0 bridgehead atoms. The average molecular weight is 439 g/mol. The fourth-order valence-electron chi connectivity index (χ4n) is 3.41. The molecule has 0 aromatic heterocycles.